The normalized spacial score (nSPS) is 10.8. The number of carbonyl (C=O) groups is 2. The van der Waals surface area contributed by atoms with Crippen LogP contribution in [0.15, 0.2) is 36.5 Å². The summed E-state index contributed by atoms with van der Waals surface area (Å²) in [5.74, 6) is -0.0136. The summed E-state index contributed by atoms with van der Waals surface area (Å²) in [6.07, 6.45) is 1.66. The predicted octanol–water partition coefficient (Wildman–Crippen LogP) is 4.12. The number of hydrogen-bond donors (Lipinski definition) is 3. The highest BCUT2D eigenvalue weighted by Gasteiger charge is 2.16. The number of nitrogens with one attached hydrogen (secondary N) is 3. The minimum atomic E-state index is -0.282. The standard InChI is InChI=1S/C19H15ClN6O2S2/c1-21-16(27)9-7-10(20)15-14(8-9)30-19(25-15)26-17(28)13-4-3-12(29-13)11-5-6-23-18(22-2)24-11/h3-8H,1-2H3,(H,21,27)(H,22,23,24)(H,25,26,28). The van der Waals surface area contributed by atoms with E-state index in [4.69, 9.17) is 11.6 Å². The average Bonchev–Trinajstić information content (AvgIpc) is 3.40. The highest BCUT2D eigenvalue weighted by molar-refractivity contribution is 7.22. The first-order valence-electron chi connectivity index (χ1n) is 8.73. The predicted molar refractivity (Wildman–Crippen MR) is 121 cm³/mol. The number of amides is 2. The second-order valence-electron chi connectivity index (χ2n) is 6.04. The van der Waals surface area contributed by atoms with Crippen molar-refractivity contribution in [1.29, 1.82) is 0 Å². The second kappa shape index (κ2) is 8.34. The molecule has 1 aromatic carbocycles. The van der Waals surface area contributed by atoms with Gasteiger partial charge >= 0.3 is 0 Å². The van der Waals surface area contributed by atoms with Gasteiger partial charge in [0.1, 0.15) is 5.52 Å². The summed E-state index contributed by atoms with van der Waals surface area (Å²) in [5, 5.41) is 9.01. The lowest BCUT2D eigenvalue weighted by Crippen LogP contribution is -2.17. The van der Waals surface area contributed by atoms with Crippen molar-refractivity contribution in [2.24, 2.45) is 0 Å². The van der Waals surface area contributed by atoms with Crippen LogP contribution in [0.3, 0.4) is 0 Å². The fraction of sp³-hybridized carbons (Fsp3) is 0.105. The average molecular weight is 459 g/mol. The zero-order valence-electron chi connectivity index (χ0n) is 15.8. The number of halogens is 1. The first-order valence-corrected chi connectivity index (χ1v) is 10.7. The number of hydrogen-bond acceptors (Lipinski definition) is 8. The Hall–Kier alpha value is -3.08. The van der Waals surface area contributed by atoms with Crippen LogP contribution in [0, 0.1) is 0 Å². The molecule has 8 nitrogen and oxygen atoms in total. The summed E-state index contributed by atoms with van der Waals surface area (Å²) < 4.78 is 0.712. The molecule has 0 radical (unpaired) electrons. The Morgan fingerprint density at radius 1 is 1.03 bits per heavy atom. The molecular weight excluding hydrogens is 444 g/mol. The molecule has 3 N–H and O–H groups in total. The third kappa shape index (κ3) is 3.97. The van der Waals surface area contributed by atoms with Crippen molar-refractivity contribution >= 4 is 67.4 Å². The largest absolute Gasteiger partial charge is 0.357 e. The fourth-order valence-electron chi connectivity index (χ4n) is 2.69. The molecule has 30 heavy (non-hydrogen) atoms. The first-order chi connectivity index (χ1) is 14.5. The molecule has 3 heterocycles. The highest BCUT2D eigenvalue weighted by atomic mass is 35.5. The van der Waals surface area contributed by atoms with Gasteiger partial charge < -0.3 is 10.6 Å². The van der Waals surface area contributed by atoms with Crippen molar-refractivity contribution < 1.29 is 9.59 Å². The van der Waals surface area contributed by atoms with Crippen LogP contribution in [-0.4, -0.2) is 40.9 Å². The molecule has 2 amide bonds. The van der Waals surface area contributed by atoms with Gasteiger partial charge in [0.25, 0.3) is 11.8 Å². The van der Waals surface area contributed by atoms with E-state index in [9.17, 15) is 9.59 Å². The van der Waals surface area contributed by atoms with E-state index < -0.39 is 0 Å². The Bertz CT molecular complexity index is 1270. The van der Waals surface area contributed by atoms with E-state index >= 15 is 0 Å². The zero-order valence-corrected chi connectivity index (χ0v) is 18.2. The maximum absolute atomic E-state index is 12.7. The molecule has 4 rings (SSSR count). The Balaban J connectivity index is 1.57. The topological polar surface area (TPSA) is 109 Å². The van der Waals surface area contributed by atoms with Crippen LogP contribution >= 0.6 is 34.3 Å². The van der Waals surface area contributed by atoms with Gasteiger partial charge in [-0.3, -0.25) is 14.9 Å². The number of fused-ring (bicyclic) bond motifs is 1. The number of carbonyl (C=O) groups excluding carboxylic acids is 2. The van der Waals surface area contributed by atoms with Crippen molar-refractivity contribution in [2.45, 2.75) is 0 Å². The molecule has 0 saturated heterocycles. The van der Waals surface area contributed by atoms with E-state index in [0.717, 1.165) is 10.6 Å². The van der Waals surface area contributed by atoms with E-state index in [1.807, 2.05) is 6.07 Å². The van der Waals surface area contributed by atoms with Crippen LogP contribution in [0.4, 0.5) is 11.1 Å². The number of rotatable bonds is 5. The number of aromatic nitrogens is 3. The van der Waals surface area contributed by atoms with Gasteiger partial charge in [0.05, 0.1) is 25.2 Å². The Kier molecular flexibility index (Phi) is 5.62. The number of thiazole rings is 1. The molecule has 0 unspecified atom stereocenters. The molecule has 0 aliphatic heterocycles. The molecule has 0 atom stereocenters. The summed E-state index contributed by atoms with van der Waals surface area (Å²) in [4.78, 5) is 38.8. The van der Waals surface area contributed by atoms with Crippen molar-refractivity contribution in [2.75, 3.05) is 24.7 Å². The van der Waals surface area contributed by atoms with Crippen molar-refractivity contribution in [1.82, 2.24) is 20.3 Å². The number of anilines is 2. The van der Waals surface area contributed by atoms with Gasteiger partial charge in [-0.2, -0.15) is 0 Å². The van der Waals surface area contributed by atoms with Crippen LogP contribution in [0.2, 0.25) is 5.02 Å². The quantitative estimate of drug-likeness (QED) is 0.415. The summed E-state index contributed by atoms with van der Waals surface area (Å²) in [6.45, 7) is 0. The Morgan fingerprint density at radius 2 is 1.87 bits per heavy atom. The third-order valence-corrected chi connectivity index (χ3v) is 6.43. The highest BCUT2D eigenvalue weighted by Crippen LogP contribution is 2.33. The van der Waals surface area contributed by atoms with Gasteiger partial charge in [0.2, 0.25) is 5.95 Å². The lowest BCUT2D eigenvalue weighted by molar-refractivity contribution is 0.0962. The first kappa shape index (κ1) is 20.2. The molecule has 3 aromatic heterocycles. The maximum atomic E-state index is 12.7. The molecule has 4 aromatic rings. The van der Waals surface area contributed by atoms with Crippen LogP contribution in [-0.2, 0) is 0 Å². The van der Waals surface area contributed by atoms with Gasteiger partial charge in [-0.05, 0) is 30.3 Å². The summed E-state index contributed by atoms with van der Waals surface area (Å²) in [7, 11) is 3.30. The van der Waals surface area contributed by atoms with E-state index in [0.29, 0.717) is 36.8 Å². The third-order valence-electron chi connectivity index (χ3n) is 4.12. The van der Waals surface area contributed by atoms with Crippen molar-refractivity contribution in [3.63, 3.8) is 0 Å². The van der Waals surface area contributed by atoms with E-state index in [-0.39, 0.29) is 11.8 Å². The van der Waals surface area contributed by atoms with Gasteiger partial charge in [-0.25, -0.2) is 15.0 Å². The minimum Gasteiger partial charge on any atom is -0.357 e. The Labute approximate surface area is 184 Å². The monoisotopic (exact) mass is 458 g/mol. The summed E-state index contributed by atoms with van der Waals surface area (Å²) in [5.41, 5.74) is 1.70. The lowest BCUT2D eigenvalue weighted by Gasteiger charge is -2.00. The molecule has 0 aliphatic rings. The summed E-state index contributed by atoms with van der Waals surface area (Å²) >= 11 is 8.83. The van der Waals surface area contributed by atoms with Crippen LogP contribution in [0.5, 0.6) is 0 Å². The van der Waals surface area contributed by atoms with Crippen molar-refractivity contribution in [3.8, 4) is 10.6 Å². The van der Waals surface area contributed by atoms with Gasteiger partial charge in [-0.1, -0.05) is 22.9 Å². The second-order valence-corrected chi connectivity index (χ2v) is 8.56. The fourth-order valence-corrected chi connectivity index (χ4v) is 4.81. The molecule has 0 spiro atoms. The number of thiophene rings is 1. The van der Waals surface area contributed by atoms with Crippen molar-refractivity contribution in [3.05, 3.63) is 52.0 Å². The number of nitrogens with zero attached hydrogens (tertiary/aromatic N) is 3. The molecular formula is C19H15ClN6O2S2. The molecule has 152 valence electrons. The van der Waals surface area contributed by atoms with Gasteiger partial charge in [-0.15, -0.1) is 11.3 Å². The minimum absolute atomic E-state index is 0.241. The van der Waals surface area contributed by atoms with Gasteiger partial charge in [0, 0.05) is 25.9 Å². The van der Waals surface area contributed by atoms with Crippen LogP contribution < -0.4 is 16.0 Å². The number of benzene rings is 1. The molecule has 0 bridgehead atoms. The molecule has 0 aliphatic carbocycles. The summed E-state index contributed by atoms with van der Waals surface area (Å²) in [6, 6.07) is 8.62. The van der Waals surface area contributed by atoms with Crippen LogP contribution in [0.25, 0.3) is 20.8 Å². The SMILES string of the molecule is CNC(=O)c1cc(Cl)c2nc(NC(=O)c3ccc(-c4ccnc(NC)n4)s3)sc2c1. The molecule has 0 fully saturated rings. The van der Waals surface area contributed by atoms with E-state index in [1.54, 1.807) is 44.6 Å². The molecule has 0 saturated carbocycles. The lowest BCUT2D eigenvalue weighted by atomic mass is 10.2. The molecule has 11 heteroatoms. The van der Waals surface area contributed by atoms with E-state index in [1.165, 1.54) is 22.7 Å². The van der Waals surface area contributed by atoms with Crippen LogP contribution in [0.1, 0.15) is 20.0 Å². The smallest absolute Gasteiger partial charge is 0.267 e. The maximum Gasteiger partial charge on any atom is 0.267 e. The Morgan fingerprint density at radius 3 is 2.63 bits per heavy atom. The van der Waals surface area contributed by atoms with E-state index in [2.05, 4.69) is 30.9 Å². The zero-order chi connectivity index (χ0) is 21.3. The van der Waals surface area contributed by atoms with Gasteiger partial charge in [0.15, 0.2) is 5.13 Å².